The zero-order valence-corrected chi connectivity index (χ0v) is 20.6. The standard InChI is InChI=1S/C26H38N4O4/c1-3-5-7-9-15-29(16-10-8-6-4-2)24(32)12-11-17-34-20-13-14-22-21(18-20)25(33)30-19-23(31)28-26(30)27-22/h13-14,18H,3-12,15-17,19H2,1-2H3,(H,27,28,31). The number of nitrogens with one attached hydrogen (secondary N) is 1. The summed E-state index contributed by atoms with van der Waals surface area (Å²) >= 11 is 0. The lowest BCUT2D eigenvalue weighted by atomic mass is 10.1. The van der Waals surface area contributed by atoms with Gasteiger partial charge >= 0.3 is 0 Å². The molecule has 1 aliphatic heterocycles. The molecule has 8 nitrogen and oxygen atoms in total. The Balaban J connectivity index is 1.50. The van der Waals surface area contributed by atoms with Gasteiger partial charge in [0.05, 0.1) is 17.5 Å². The molecule has 1 N–H and O–H groups in total. The molecule has 1 aromatic heterocycles. The van der Waals surface area contributed by atoms with Gasteiger partial charge in [-0.2, -0.15) is 0 Å². The van der Waals surface area contributed by atoms with E-state index in [0.717, 1.165) is 25.9 Å². The number of carbonyl (C=O) groups is 2. The van der Waals surface area contributed by atoms with Gasteiger partial charge in [0.25, 0.3) is 5.56 Å². The highest BCUT2D eigenvalue weighted by atomic mass is 16.5. The predicted octanol–water partition coefficient (Wildman–Crippen LogP) is 4.50. The quantitative estimate of drug-likeness (QED) is 0.387. The average Bonchev–Trinajstić information content (AvgIpc) is 3.21. The van der Waals surface area contributed by atoms with Crippen molar-refractivity contribution in [2.45, 2.75) is 84.6 Å². The van der Waals surface area contributed by atoms with E-state index in [-0.39, 0.29) is 29.9 Å². The summed E-state index contributed by atoms with van der Waals surface area (Å²) in [4.78, 5) is 43.5. The van der Waals surface area contributed by atoms with E-state index < -0.39 is 0 Å². The van der Waals surface area contributed by atoms with E-state index >= 15 is 0 Å². The van der Waals surface area contributed by atoms with Crippen LogP contribution in [0.3, 0.4) is 0 Å². The van der Waals surface area contributed by atoms with Gasteiger partial charge in [-0.05, 0) is 37.5 Å². The lowest BCUT2D eigenvalue weighted by Crippen LogP contribution is -2.33. The molecule has 3 rings (SSSR count). The normalized spacial score (nSPS) is 12.6. The van der Waals surface area contributed by atoms with E-state index in [1.54, 1.807) is 18.2 Å². The Morgan fingerprint density at radius 1 is 1.03 bits per heavy atom. The molecule has 186 valence electrons. The first-order valence-corrected chi connectivity index (χ1v) is 12.8. The van der Waals surface area contributed by atoms with Crippen molar-refractivity contribution in [2.75, 3.05) is 25.0 Å². The summed E-state index contributed by atoms with van der Waals surface area (Å²) in [5.41, 5.74) is 0.253. The Kier molecular flexibility index (Phi) is 9.91. The fourth-order valence-electron chi connectivity index (χ4n) is 4.23. The molecular formula is C26H38N4O4. The molecule has 2 aromatic rings. The fraction of sp³-hybridized carbons (Fsp3) is 0.615. The Labute approximate surface area is 201 Å². The summed E-state index contributed by atoms with van der Waals surface area (Å²) in [5, 5.41) is 3.01. The van der Waals surface area contributed by atoms with Crippen LogP contribution in [0.15, 0.2) is 23.0 Å². The van der Waals surface area contributed by atoms with Crippen molar-refractivity contribution in [1.82, 2.24) is 14.5 Å². The van der Waals surface area contributed by atoms with Gasteiger partial charge in [-0.1, -0.05) is 52.4 Å². The van der Waals surface area contributed by atoms with Gasteiger partial charge in [-0.3, -0.25) is 24.3 Å². The number of anilines is 1. The van der Waals surface area contributed by atoms with Crippen LogP contribution in [0.5, 0.6) is 5.75 Å². The number of benzene rings is 1. The molecule has 0 radical (unpaired) electrons. The van der Waals surface area contributed by atoms with Crippen molar-refractivity contribution in [2.24, 2.45) is 0 Å². The second kappa shape index (κ2) is 13.1. The van der Waals surface area contributed by atoms with E-state index in [1.165, 1.54) is 43.1 Å². The first kappa shape index (κ1) is 25.7. The van der Waals surface area contributed by atoms with Crippen molar-refractivity contribution in [3.8, 4) is 5.75 Å². The van der Waals surface area contributed by atoms with Crippen molar-refractivity contribution < 1.29 is 14.3 Å². The fourth-order valence-corrected chi connectivity index (χ4v) is 4.23. The van der Waals surface area contributed by atoms with Crippen molar-refractivity contribution in [1.29, 1.82) is 0 Å². The van der Waals surface area contributed by atoms with Crippen LogP contribution < -0.4 is 15.6 Å². The maximum absolute atomic E-state index is 12.8. The molecule has 1 aliphatic rings. The highest BCUT2D eigenvalue weighted by Gasteiger charge is 2.21. The summed E-state index contributed by atoms with van der Waals surface area (Å²) in [6, 6.07) is 5.14. The van der Waals surface area contributed by atoms with E-state index in [2.05, 4.69) is 24.1 Å². The van der Waals surface area contributed by atoms with Gasteiger partial charge in [0.1, 0.15) is 12.3 Å². The molecule has 0 atom stereocenters. The van der Waals surface area contributed by atoms with Gasteiger partial charge in [0.2, 0.25) is 17.8 Å². The summed E-state index contributed by atoms with van der Waals surface area (Å²) in [6.07, 6.45) is 10.4. The molecule has 1 aromatic carbocycles. The number of rotatable bonds is 15. The zero-order valence-electron chi connectivity index (χ0n) is 20.6. The van der Waals surface area contributed by atoms with Crippen molar-refractivity contribution in [3.63, 3.8) is 0 Å². The van der Waals surface area contributed by atoms with Crippen molar-refractivity contribution in [3.05, 3.63) is 28.6 Å². The predicted molar refractivity (Wildman–Crippen MR) is 134 cm³/mol. The molecule has 0 unspecified atom stereocenters. The van der Waals surface area contributed by atoms with Gasteiger partial charge in [-0.25, -0.2) is 4.98 Å². The van der Waals surface area contributed by atoms with E-state index in [4.69, 9.17) is 4.74 Å². The van der Waals surface area contributed by atoms with Crippen LogP contribution in [-0.4, -0.2) is 46.0 Å². The molecule has 0 aliphatic carbocycles. The monoisotopic (exact) mass is 470 g/mol. The number of carbonyl (C=O) groups excluding carboxylic acids is 2. The highest BCUT2D eigenvalue weighted by molar-refractivity contribution is 5.94. The second-order valence-electron chi connectivity index (χ2n) is 9.01. The van der Waals surface area contributed by atoms with Crippen molar-refractivity contribution >= 4 is 28.7 Å². The molecule has 2 heterocycles. The molecule has 2 amide bonds. The summed E-state index contributed by atoms with van der Waals surface area (Å²) in [7, 11) is 0. The van der Waals surface area contributed by atoms with Crippen LogP contribution in [0, 0.1) is 0 Å². The minimum atomic E-state index is -0.263. The first-order valence-electron chi connectivity index (χ1n) is 12.8. The number of aromatic nitrogens is 2. The topological polar surface area (TPSA) is 93.5 Å². The Morgan fingerprint density at radius 3 is 2.41 bits per heavy atom. The smallest absolute Gasteiger partial charge is 0.263 e. The molecule has 0 saturated heterocycles. The zero-order chi connectivity index (χ0) is 24.3. The van der Waals surface area contributed by atoms with Gasteiger partial charge in [-0.15, -0.1) is 0 Å². The lowest BCUT2D eigenvalue weighted by molar-refractivity contribution is -0.131. The Bertz CT molecular complexity index is 1020. The van der Waals surface area contributed by atoms with Gasteiger partial charge in [0.15, 0.2) is 0 Å². The lowest BCUT2D eigenvalue weighted by Gasteiger charge is -2.23. The Morgan fingerprint density at radius 2 is 1.74 bits per heavy atom. The summed E-state index contributed by atoms with van der Waals surface area (Å²) in [5.74, 6) is 0.799. The molecule has 34 heavy (non-hydrogen) atoms. The number of hydrogen-bond donors (Lipinski definition) is 1. The minimum absolute atomic E-state index is 0.0162. The van der Waals surface area contributed by atoms with Crippen LogP contribution in [0.4, 0.5) is 5.95 Å². The first-order chi connectivity index (χ1) is 16.5. The molecular weight excluding hydrogens is 432 g/mol. The maximum atomic E-state index is 12.8. The molecule has 8 heteroatoms. The second-order valence-corrected chi connectivity index (χ2v) is 9.01. The van der Waals surface area contributed by atoms with E-state index in [1.807, 2.05) is 4.90 Å². The van der Waals surface area contributed by atoms with E-state index in [9.17, 15) is 14.4 Å². The number of hydrogen-bond acceptors (Lipinski definition) is 5. The van der Waals surface area contributed by atoms with Gasteiger partial charge in [0, 0.05) is 19.5 Å². The largest absolute Gasteiger partial charge is 0.494 e. The highest BCUT2D eigenvalue weighted by Crippen LogP contribution is 2.20. The molecule has 0 spiro atoms. The molecule has 0 saturated carbocycles. The van der Waals surface area contributed by atoms with E-state index in [0.29, 0.717) is 36.1 Å². The SMILES string of the molecule is CCCCCCN(CCCCCC)C(=O)CCCOc1ccc2nc3n(c(=O)c2c1)CC(=O)N3. The minimum Gasteiger partial charge on any atom is -0.494 e. The average molecular weight is 471 g/mol. The third kappa shape index (κ3) is 7.05. The number of nitrogens with zero attached hydrogens (tertiary/aromatic N) is 3. The maximum Gasteiger partial charge on any atom is 0.263 e. The molecule has 0 bridgehead atoms. The number of unbranched alkanes of at least 4 members (excludes halogenated alkanes) is 6. The third-order valence-electron chi connectivity index (χ3n) is 6.20. The number of fused-ring (bicyclic) bond motifs is 2. The molecule has 0 fully saturated rings. The summed E-state index contributed by atoms with van der Waals surface area (Å²) < 4.78 is 7.17. The number of amides is 2. The van der Waals surface area contributed by atoms with Gasteiger partial charge < -0.3 is 9.64 Å². The van der Waals surface area contributed by atoms with Crippen LogP contribution >= 0.6 is 0 Å². The summed E-state index contributed by atoms with van der Waals surface area (Å²) in [6.45, 7) is 6.46. The van der Waals surface area contributed by atoms with Crippen LogP contribution in [-0.2, 0) is 16.1 Å². The van der Waals surface area contributed by atoms with Crippen LogP contribution in [0.1, 0.15) is 78.1 Å². The number of ether oxygens (including phenoxy) is 1. The Hall–Kier alpha value is -2.90. The van der Waals surface area contributed by atoms with Crippen LogP contribution in [0.2, 0.25) is 0 Å². The van der Waals surface area contributed by atoms with Crippen LogP contribution in [0.25, 0.3) is 10.9 Å². The third-order valence-corrected chi connectivity index (χ3v) is 6.20.